The Morgan fingerprint density at radius 3 is 2.17 bits per heavy atom. The van der Waals surface area contributed by atoms with E-state index in [1.165, 1.54) is 33.1 Å². The van der Waals surface area contributed by atoms with Crippen molar-refractivity contribution in [3.05, 3.63) is 52.8 Å². The van der Waals surface area contributed by atoms with Crippen LogP contribution in [0, 0.1) is 19.1 Å². The van der Waals surface area contributed by atoms with Crippen LogP contribution in [0.4, 0.5) is 13.2 Å². The summed E-state index contributed by atoms with van der Waals surface area (Å²) in [4.78, 5) is 0. The maximum absolute atomic E-state index is 13.5. The summed E-state index contributed by atoms with van der Waals surface area (Å²) in [5.74, 6) is 0.378. The van der Waals surface area contributed by atoms with Gasteiger partial charge in [0.05, 0.1) is 7.11 Å². The van der Waals surface area contributed by atoms with Gasteiger partial charge in [0.15, 0.2) is 0 Å². The molecule has 0 aliphatic heterocycles. The summed E-state index contributed by atoms with van der Waals surface area (Å²) < 4.78 is 47.0. The second-order valence-corrected chi connectivity index (χ2v) is 5.33. The van der Waals surface area contributed by atoms with E-state index < -0.39 is 18.3 Å². The van der Waals surface area contributed by atoms with E-state index >= 15 is 0 Å². The molecule has 5 nitrogen and oxygen atoms in total. The maximum atomic E-state index is 13.5. The number of aliphatic hydroxyl groups is 1. The molecular formula is C15H17F3N2O3. The van der Waals surface area contributed by atoms with Crippen LogP contribution in [0.2, 0.25) is 0 Å². The van der Waals surface area contributed by atoms with Crippen molar-refractivity contribution in [3.63, 3.8) is 0 Å². The minimum Gasteiger partial charge on any atom is -0.711 e. The minimum absolute atomic E-state index is 0.282. The van der Waals surface area contributed by atoms with E-state index in [4.69, 9.17) is 4.74 Å². The number of halogens is 3. The Morgan fingerprint density at radius 2 is 1.78 bits per heavy atom. The van der Waals surface area contributed by atoms with Crippen LogP contribution in [-0.2, 0) is 12.1 Å². The molecule has 2 aromatic rings. The molecule has 1 aromatic heterocycles. The molecule has 0 spiro atoms. The minimum atomic E-state index is -4.92. The number of alkyl halides is 3. The molecule has 0 bridgehead atoms. The fraction of sp³-hybridized carbons (Fsp3) is 0.400. The van der Waals surface area contributed by atoms with Crippen LogP contribution in [-0.4, -0.2) is 23.0 Å². The second kappa shape index (κ2) is 5.77. The van der Waals surface area contributed by atoms with E-state index in [2.05, 4.69) is 0 Å². The fourth-order valence-electron chi connectivity index (χ4n) is 2.28. The molecule has 0 saturated heterocycles. The predicted octanol–water partition coefficient (Wildman–Crippen LogP) is 2.20. The molecule has 0 amide bonds. The number of hydrogen-bond acceptors (Lipinski definition) is 3. The molecular weight excluding hydrogens is 313 g/mol. The Balaban J connectivity index is 2.49. The summed E-state index contributed by atoms with van der Waals surface area (Å²) in [5, 5.41) is 21.9. The van der Waals surface area contributed by atoms with Gasteiger partial charge >= 0.3 is 6.18 Å². The Morgan fingerprint density at radius 1 is 1.22 bits per heavy atom. The van der Waals surface area contributed by atoms with E-state index in [-0.39, 0.29) is 11.3 Å². The first kappa shape index (κ1) is 17.1. The molecule has 0 saturated carbocycles. The quantitative estimate of drug-likeness (QED) is 0.690. The molecule has 0 fully saturated rings. The first-order valence-corrected chi connectivity index (χ1v) is 6.79. The number of benzene rings is 1. The third-order valence-corrected chi connectivity index (χ3v) is 3.96. The smallest absolute Gasteiger partial charge is 0.425 e. The second-order valence-electron chi connectivity index (χ2n) is 5.33. The van der Waals surface area contributed by atoms with Gasteiger partial charge < -0.3 is 15.1 Å². The Labute approximate surface area is 131 Å². The van der Waals surface area contributed by atoms with E-state index in [1.54, 1.807) is 0 Å². The van der Waals surface area contributed by atoms with Crippen molar-refractivity contribution >= 4 is 0 Å². The van der Waals surface area contributed by atoms with Gasteiger partial charge in [-0.3, -0.25) is 0 Å². The fourth-order valence-corrected chi connectivity index (χ4v) is 2.28. The van der Waals surface area contributed by atoms with Crippen molar-refractivity contribution in [3.8, 4) is 5.75 Å². The summed E-state index contributed by atoms with van der Waals surface area (Å²) in [5.41, 5.74) is -2.81. The van der Waals surface area contributed by atoms with Gasteiger partial charge in [0.25, 0.3) is 0 Å². The van der Waals surface area contributed by atoms with Crippen molar-refractivity contribution in [2.24, 2.45) is 0 Å². The van der Waals surface area contributed by atoms with E-state index in [0.29, 0.717) is 16.2 Å². The topological polar surface area (TPSA) is 61.3 Å². The number of ether oxygens (including phenoxy) is 1. The van der Waals surface area contributed by atoms with Crippen LogP contribution in [0.5, 0.6) is 5.75 Å². The summed E-state index contributed by atoms with van der Waals surface area (Å²) in [6.07, 6.45) is -3.93. The van der Waals surface area contributed by atoms with Crippen molar-refractivity contribution in [1.29, 1.82) is 0 Å². The predicted molar refractivity (Wildman–Crippen MR) is 75.8 cm³/mol. The van der Waals surface area contributed by atoms with Gasteiger partial charge in [0.2, 0.25) is 11.9 Å². The number of imidazole rings is 1. The molecule has 1 heterocycles. The van der Waals surface area contributed by atoms with Gasteiger partial charge in [0.1, 0.15) is 23.7 Å². The van der Waals surface area contributed by atoms with Crippen molar-refractivity contribution < 1.29 is 27.7 Å². The van der Waals surface area contributed by atoms with Crippen molar-refractivity contribution in [1.82, 2.24) is 4.57 Å². The Kier molecular flexibility index (Phi) is 4.30. The average Bonchev–Trinajstić information content (AvgIpc) is 2.73. The lowest BCUT2D eigenvalue weighted by Gasteiger charge is -2.29. The highest BCUT2D eigenvalue weighted by Gasteiger charge is 2.57. The van der Waals surface area contributed by atoms with Gasteiger partial charge in [-0.2, -0.15) is 13.2 Å². The zero-order chi connectivity index (χ0) is 17.4. The van der Waals surface area contributed by atoms with E-state index in [1.807, 2.05) is 0 Å². The van der Waals surface area contributed by atoms with Crippen LogP contribution < -0.4 is 9.47 Å². The lowest BCUT2D eigenvalue weighted by atomic mass is 9.92. The summed E-state index contributed by atoms with van der Waals surface area (Å²) in [6, 6.07) is 4.99. The zero-order valence-electron chi connectivity index (χ0n) is 12.9. The molecule has 1 atom stereocenters. The Hall–Kier alpha value is -2.22. The number of methoxy groups -OCH3 is 1. The number of aromatic nitrogens is 2. The Bertz CT molecular complexity index is 695. The summed E-state index contributed by atoms with van der Waals surface area (Å²) in [6.45, 7) is 2.21. The highest BCUT2D eigenvalue weighted by Crippen LogP contribution is 2.41. The van der Waals surface area contributed by atoms with Crippen LogP contribution in [0.1, 0.15) is 17.0 Å². The van der Waals surface area contributed by atoms with Crippen molar-refractivity contribution in [2.45, 2.75) is 32.2 Å². The molecule has 126 valence electrons. The van der Waals surface area contributed by atoms with Gasteiger partial charge in [-0.15, -0.1) is 0 Å². The zero-order valence-corrected chi connectivity index (χ0v) is 12.9. The lowest BCUT2D eigenvalue weighted by Crippen LogP contribution is -2.46. The largest absolute Gasteiger partial charge is 0.711 e. The monoisotopic (exact) mass is 330 g/mol. The van der Waals surface area contributed by atoms with Crippen LogP contribution in [0.15, 0.2) is 30.6 Å². The van der Waals surface area contributed by atoms with E-state index in [9.17, 15) is 23.5 Å². The number of hydrogen-bond donors (Lipinski definition) is 1. The van der Waals surface area contributed by atoms with Gasteiger partial charge in [-0.05, 0) is 17.7 Å². The average molecular weight is 330 g/mol. The standard InChI is InChI=1S/C15H17F3N2O3/c1-10-11(2)20(22)9-19(10)8-14(21,15(16,17)18)12-4-6-13(23-3)7-5-12/h4-7,9,21H,8H2,1-3H3/t14-/m1/s1. The molecule has 8 heteroatoms. The number of nitrogens with zero attached hydrogens (tertiary/aromatic N) is 2. The van der Waals surface area contributed by atoms with Gasteiger partial charge in [0, 0.05) is 13.8 Å². The third kappa shape index (κ3) is 2.98. The third-order valence-electron chi connectivity index (χ3n) is 3.96. The molecule has 1 aromatic carbocycles. The molecule has 0 radical (unpaired) electrons. The molecule has 2 rings (SSSR count). The van der Waals surface area contributed by atoms with Crippen LogP contribution in [0.3, 0.4) is 0 Å². The highest BCUT2D eigenvalue weighted by atomic mass is 19.4. The molecule has 0 aliphatic rings. The first-order valence-electron chi connectivity index (χ1n) is 6.79. The first-order chi connectivity index (χ1) is 10.6. The van der Waals surface area contributed by atoms with Gasteiger partial charge in [-0.25, -0.2) is 9.30 Å². The lowest BCUT2D eigenvalue weighted by molar-refractivity contribution is -0.611. The molecule has 23 heavy (non-hydrogen) atoms. The van der Waals surface area contributed by atoms with Crippen LogP contribution >= 0.6 is 0 Å². The van der Waals surface area contributed by atoms with E-state index in [0.717, 1.165) is 23.0 Å². The SMILES string of the molecule is COc1ccc([C@](O)(Cn2c[n+]([O-])c(C)c2C)C(F)(F)F)cc1. The molecule has 1 N–H and O–H groups in total. The molecule has 0 unspecified atom stereocenters. The normalized spacial score (nSPS) is 14.6. The van der Waals surface area contributed by atoms with Crippen LogP contribution in [0.25, 0.3) is 0 Å². The highest BCUT2D eigenvalue weighted by molar-refractivity contribution is 5.32. The maximum Gasteiger partial charge on any atom is 0.425 e. The van der Waals surface area contributed by atoms with Gasteiger partial charge in [-0.1, -0.05) is 12.1 Å². The number of rotatable bonds is 4. The summed E-state index contributed by atoms with van der Waals surface area (Å²) >= 11 is 0. The van der Waals surface area contributed by atoms with Crippen molar-refractivity contribution in [2.75, 3.05) is 7.11 Å². The molecule has 0 aliphatic carbocycles. The summed E-state index contributed by atoms with van der Waals surface area (Å²) in [7, 11) is 1.39.